The number of halogens is 3. The maximum Gasteiger partial charge on any atom is 0.401 e. The fourth-order valence-corrected chi connectivity index (χ4v) is 3.39. The van der Waals surface area contributed by atoms with Gasteiger partial charge in [-0.15, -0.1) is 0 Å². The minimum atomic E-state index is -4.47. The van der Waals surface area contributed by atoms with Crippen molar-refractivity contribution in [2.45, 2.75) is 64.1 Å². The van der Waals surface area contributed by atoms with Gasteiger partial charge in [0.05, 0.1) is 5.75 Å². The van der Waals surface area contributed by atoms with E-state index in [1.807, 2.05) is 0 Å². The molecule has 1 aliphatic rings. The van der Waals surface area contributed by atoms with E-state index in [-0.39, 0.29) is 23.7 Å². The normalized spacial score (nSPS) is 22.4. The van der Waals surface area contributed by atoms with Crippen LogP contribution in [0.2, 0.25) is 0 Å². The Morgan fingerprint density at radius 1 is 1.19 bits per heavy atom. The number of aromatic nitrogens is 2. The van der Waals surface area contributed by atoms with Crippen LogP contribution in [0.15, 0.2) is 4.52 Å². The summed E-state index contributed by atoms with van der Waals surface area (Å²) in [6.07, 6.45) is -1.37. The lowest BCUT2D eigenvalue weighted by atomic mass is 9.86. The molecule has 150 valence electrons. The molecule has 0 atom stereocenters. The molecular weight excluding hydrogens is 373 g/mol. The number of nitrogens with one attached hydrogen (secondary N) is 2. The van der Waals surface area contributed by atoms with Gasteiger partial charge in [-0.3, -0.25) is 0 Å². The summed E-state index contributed by atoms with van der Waals surface area (Å²) in [5, 5.41) is 6.44. The highest BCUT2D eigenvalue weighted by Gasteiger charge is 2.52. The van der Waals surface area contributed by atoms with Crippen molar-refractivity contribution in [3.8, 4) is 0 Å². The molecule has 7 nitrogen and oxygen atoms in total. The van der Waals surface area contributed by atoms with Gasteiger partial charge in [0.25, 0.3) is 0 Å². The Bertz CT molecular complexity index is 695. The van der Waals surface area contributed by atoms with Crippen molar-refractivity contribution in [2.24, 2.45) is 5.92 Å². The van der Waals surface area contributed by atoms with E-state index < -0.39 is 27.4 Å². The molecule has 2 N–H and O–H groups in total. The lowest BCUT2D eigenvalue weighted by molar-refractivity contribution is -0.182. The van der Waals surface area contributed by atoms with Crippen LogP contribution in [0.4, 0.5) is 19.2 Å². The van der Waals surface area contributed by atoms with Crippen LogP contribution in [0, 0.1) is 5.92 Å². The number of hydrogen-bond donors (Lipinski definition) is 2. The van der Waals surface area contributed by atoms with Gasteiger partial charge in [-0.2, -0.15) is 18.2 Å². The number of hydrogen-bond acceptors (Lipinski definition) is 6. The van der Waals surface area contributed by atoms with E-state index in [0.29, 0.717) is 6.54 Å². The van der Waals surface area contributed by atoms with Crippen LogP contribution in [-0.2, 0) is 15.4 Å². The third kappa shape index (κ3) is 5.09. The van der Waals surface area contributed by atoms with Crippen molar-refractivity contribution >= 4 is 16.0 Å². The molecule has 0 unspecified atom stereocenters. The second-order valence-corrected chi connectivity index (χ2v) is 9.26. The molecule has 0 amide bonds. The summed E-state index contributed by atoms with van der Waals surface area (Å²) in [4.78, 5) is 3.84. The first-order chi connectivity index (χ1) is 11.9. The van der Waals surface area contributed by atoms with Crippen LogP contribution in [0.5, 0.6) is 0 Å². The molecule has 0 bridgehead atoms. The lowest BCUT2D eigenvalue weighted by Gasteiger charge is -2.28. The highest BCUT2D eigenvalue weighted by Crippen LogP contribution is 2.39. The van der Waals surface area contributed by atoms with Gasteiger partial charge in [-0.05, 0) is 52.4 Å². The Hall–Kier alpha value is -1.36. The summed E-state index contributed by atoms with van der Waals surface area (Å²) in [7, 11) is -3.20. The molecule has 0 radical (unpaired) electrons. The van der Waals surface area contributed by atoms with E-state index >= 15 is 0 Å². The minimum absolute atomic E-state index is 0.0105. The van der Waals surface area contributed by atoms with Crippen LogP contribution in [0.25, 0.3) is 0 Å². The Morgan fingerprint density at radius 3 is 2.35 bits per heavy atom. The second kappa shape index (κ2) is 7.71. The van der Waals surface area contributed by atoms with Gasteiger partial charge in [0.2, 0.25) is 10.0 Å². The fourth-order valence-electron chi connectivity index (χ4n) is 2.70. The summed E-state index contributed by atoms with van der Waals surface area (Å²) < 4.78 is 69.5. The van der Waals surface area contributed by atoms with E-state index in [1.54, 1.807) is 6.92 Å². The Kier molecular flexibility index (Phi) is 6.21. The highest BCUT2D eigenvalue weighted by molar-refractivity contribution is 7.89. The maximum atomic E-state index is 13.0. The molecule has 1 aromatic rings. The highest BCUT2D eigenvalue weighted by atomic mass is 32.2. The molecule has 1 aliphatic carbocycles. The molecule has 0 spiro atoms. The average Bonchev–Trinajstić information content (AvgIpc) is 3.02. The Morgan fingerprint density at radius 2 is 1.81 bits per heavy atom. The number of sulfonamides is 1. The monoisotopic (exact) mass is 398 g/mol. The molecule has 1 aromatic heterocycles. The quantitative estimate of drug-likeness (QED) is 0.733. The maximum absolute atomic E-state index is 13.0. The van der Waals surface area contributed by atoms with Crippen molar-refractivity contribution < 1.29 is 26.1 Å². The third-order valence-electron chi connectivity index (χ3n) is 4.84. The van der Waals surface area contributed by atoms with E-state index in [9.17, 15) is 21.6 Å². The number of alkyl halides is 3. The largest absolute Gasteiger partial charge is 0.401 e. The van der Waals surface area contributed by atoms with Crippen molar-refractivity contribution in [3.63, 3.8) is 0 Å². The SMILES string of the molecule is CCS(=O)(=O)NCC1CCC(Nc2nc(C(C)(C)C(F)(F)F)no2)CC1. The fraction of sp³-hybridized carbons (Fsp3) is 0.867. The van der Waals surface area contributed by atoms with Crippen LogP contribution in [0.3, 0.4) is 0 Å². The van der Waals surface area contributed by atoms with Gasteiger partial charge in [-0.25, -0.2) is 13.1 Å². The number of nitrogens with zero attached hydrogens (tertiary/aromatic N) is 2. The van der Waals surface area contributed by atoms with Gasteiger partial charge in [0.1, 0.15) is 5.41 Å². The molecule has 0 saturated heterocycles. The predicted molar refractivity (Wildman–Crippen MR) is 90.2 cm³/mol. The topological polar surface area (TPSA) is 97.1 Å². The van der Waals surface area contributed by atoms with E-state index in [1.165, 1.54) is 0 Å². The summed E-state index contributed by atoms with van der Waals surface area (Å²) in [5.74, 6) is -0.107. The Balaban J connectivity index is 1.85. The van der Waals surface area contributed by atoms with E-state index in [2.05, 4.69) is 20.2 Å². The molecule has 2 rings (SSSR count). The number of rotatable bonds is 7. The van der Waals surface area contributed by atoms with Gasteiger partial charge in [0.15, 0.2) is 5.82 Å². The first-order valence-electron chi connectivity index (χ1n) is 8.59. The van der Waals surface area contributed by atoms with E-state index in [4.69, 9.17) is 4.52 Å². The van der Waals surface area contributed by atoms with E-state index in [0.717, 1.165) is 39.5 Å². The van der Waals surface area contributed by atoms with Crippen molar-refractivity contribution in [2.75, 3.05) is 17.6 Å². The molecular formula is C15H25F3N4O3S. The van der Waals surface area contributed by atoms with Crippen LogP contribution < -0.4 is 10.0 Å². The first-order valence-corrected chi connectivity index (χ1v) is 10.2. The summed E-state index contributed by atoms with van der Waals surface area (Å²) in [5.41, 5.74) is -2.19. The van der Waals surface area contributed by atoms with Crippen LogP contribution in [0.1, 0.15) is 52.3 Å². The van der Waals surface area contributed by atoms with Crippen LogP contribution in [-0.4, -0.2) is 43.1 Å². The predicted octanol–water partition coefficient (Wildman–Crippen LogP) is 2.82. The molecule has 26 heavy (non-hydrogen) atoms. The smallest absolute Gasteiger partial charge is 0.335 e. The molecule has 0 aromatic carbocycles. The molecule has 1 saturated carbocycles. The summed E-state index contributed by atoms with van der Waals surface area (Å²) >= 11 is 0. The standard InChI is InChI=1S/C15H25F3N4O3S/c1-4-26(23,24)19-9-10-5-7-11(8-6-10)20-13-21-12(22-25-13)14(2,3)15(16,17)18/h10-11,19H,4-9H2,1-3H3,(H,20,21,22). The summed E-state index contributed by atoms with van der Waals surface area (Å²) in [6, 6.07) is -0.0104. The molecule has 0 aliphatic heterocycles. The molecule has 11 heteroatoms. The van der Waals surface area contributed by atoms with Crippen molar-refractivity contribution in [1.29, 1.82) is 0 Å². The number of anilines is 1. The second-order valence-electron chi connectivity index (χ2n) is 7.16. The average molecular weight is 398 g/mol. The van der Waals surface area contributed by atoms with Crippen molar-refractivity contribution in [1.82, 2.24) is 14.9 Å². The van der Waals surface area contributed by atoms with Crippen molar-refractivity contribution in [3.05, 3.63) is 5.82 Å². The minimum Gasteiger partial charge on any atom is -0.335 e. The first kappa shape index (κ1) is 20.9. The van der Waals surface area contributed by atoms with Gasteiger partial charge in [-0.1, -0.05) is 5.16 Å². The van der Waals surface area contributed by atoms with Gasteiger partial charge < -0.3 is 9.84 Å². The van der Waals surface area contributed by atoms with Crippen LogP contribution >= 0.6 is 0 Å². The summed E-state index contributed by atoms with van der Waals surface area (Å²) in [6.45, 7) is 4.00. The van der Waals surface area contributed by atoms with Gasteiger partial charge >= 0.3 is 12.2 Å². The van der Waals surface area contributed by atoms with Gasteiger partial charge in [0, 0.05) is 12.6 Å². The Labute approximate surface area is 151 Å². The zero-order valence-corrected chi connectivity index (χ0v) is 15.9. The zero-order chi connectivity index (χ0) is 19.6. The molecule has 1 fully saturated rings. The lowest BCUT2D eigenvalue weighted by Crippen LogP contribution is -2.37. The molecule has 1 heterocycles. The zero-order valence-electron chi connectivity index (χ0n) is 15.1. The third-order valence-corrected chi connectivity index (χ3v) is 6.21.